The van der Waals surface area contributed by atoms with Crippen molar-refractivity contribution in [2.45, 2.75) is 62.0 Å². The highest BCUT2D eigenvalue weighted by Gasteiger charge is 2.41. The van der Waals surface area contributed by atoms with Gasteiger partial charge in [-0.25, -0.2) is 13.1 Å². The summed E-state index contributed by atoms with van der Waals surface area (Å²) >= 11 is 0. The van der Waals surface area contributed by atoms with E-state index in [0.717, 1.165) is 31.4 Å². The van der Waals surface area contributed by atoms with Crippen molar-refractivity contribution in [2.24, 2.45) is 0 Å². The van der Waals surface area contributed by atoms with Gasteiger partial charge in [0.2, 0.25) is 10.0 Å². The second-order valence-electron chi connectivity index (χ2n) is 7.96. The van der Waals surface area contributed by atoms with Crippen LogP contribution in [0, 0.1) is 6.92 Å². The summed E-state index contributed by atoms with van der Waals surface area (Å²) in [4.78, 5) is 2.98. The number of aryl methyl sites for hydroxylation is 1. The van der Waals surface area contributed by atoms with Gasteiger partial charge in [-0.3, -0.25) is 4.90 Å². The molecule has 0 aliphatic carbocycles. The Morgan fingerprint density at radius 2 is 1.59 bits per heavy atom. The van der Waals surface area contributed by atoms with Crippen LogP contribution in [0.25, 0.3) is 0 Å². The molecule has 0 amide bonds. The van der Waals surface area contributed by atoms with E-state index in [4.69, 9.17) is 0 Å². The molecule has 27 heavy (non-hydrogen) atoms. The highest BCUT2D eigenvalue weighted by atomic mass is 32.2. The summed E-state index contributed by atoms with van der Waals surface area (Å²) in [6.45, 7) is 3.03. The van der Waals surface area contributed by atoms with Gasteiger partial charge in [-0.15, -0.1) is 0 Å². The van der Waals surface area contributed by atoms with E-state index in [1.54, 1.807) is 12.1 Å². The van der Waals surface area contributed by atoms with Gasteiger partial charge in [0.25, 0.3) is 0 Å². The lowest BCUT2D eigenvalue weighted by atomic mass is 9.97. The van der Waals surface area contributed by atoms with Crippen LogP contribution in [0.15, 0.2) is 59.5 Å². The quantitative estimate of drug-likeness (QED) is 0.829. The molecule has 0 radical (unpaired) electrons. The van der Waals surface area contributed by atoms with Crippen molar-refractivity contribution in [3.8, 4) is 0 Å². The van der Waals surface area contributed by atoms with Gasteiger partial charge in [-0.05, 0) is 56.7 Å². The van der Waals surface area contributed by atoms with Crippen molar-refractivity contribution in [1.29, 1.82) is 0 Å². The first kappa shape index (κ1) is 18.7. The highest BCUT2D eigenvalue weighted by molar-refractivity contribution is 7.89. The lowest BCUT2D eigenvalue weighted by Gasteiger charge is -2.39. The van der Waals surface area contributed by atoms with Crippen molar-refractivity contribution >= 4 is 10.0 Å². The minimum absolute atomic E-state index is 0.0433. The van der Waals surface area contributed by atoms with E-state index in [1.165, 1.54) is 18.4 Å². The molecule has 2 saturated heterocycles. The summed E-state index contributed by atoms with van der Waals surface area (Å²) in [5.41, 5.74) is 2.44. The topological polar surface area (TPSA) is 49.4 Å². The smallest absolute Gasteiger partial charge is 0.240 e. The molecule has 2 heterocycles. The van der Waals surface area contributed by atoms with Gasteiger partial charge in [-0.2, -0.15) is 0 Å². The molecule has 0 aromatic heterocycles. The highest BCUT2D eigenvalue weighted by Crippen LogP contribution is 2.36. The third kappa shape index (κ3) is 4.26. The average Bonchev–Trinajstić information content (AvgIpc) is 2.89. The van der Waals surface area contributed by atoms with Gasteiger partial charge >= 0.3 is 0 Å². The van der Waals surface area contributed by atoms with Crippen LogP contribution in [-0.4, -0.2) is 38.0 Å². The zero-order valence-electron chi connectivity index (χ0n) is 15.8. The first-order valence-electron chi connectivity index (χ1n) is 9.90. The summed E-state index contributed by atoms with van der Waals surface area (Å²) in [6, 6.07) is 18.7. The van der Waals surface area contributed by atoms with Gasteiger partial charge in [0, 0.05) is 24.7 Å². The maximum Gasteiger partial charge on any atom is 0.240 e. The van der Waals surface area contributed by atoms with E-state index in [2.05, 4.69) is 40.0 Å². The first-order chi connectivity index (χ1) is 13.0. The van der Waals surface area contributed by atoms with E-state index in [0.29, 0.717) is 17.0 Å². The van der Waals surface area contributed by atoms with E-state index in [9.17, 15) is 8.42 Å². The normalized spacial score (nSPS) is 25.6. The zero-order chi connectivity index (χ0) is 18.9. The third-order valence-corrected chi connectivity index (χ3v) is 7.58. The zero-order valence-corrected chi connectivity index (χ0v) is 16.7. The van der Waals surface area contributed by atoms with E-state index >= 15 is 0 Å². The lowest BCUT2D eigenvalue weighted by molar-refractivity contribution is 0.125. The van der Waals surface area contributed by atoms with E-state index in [-0.39, 0.29) is 6.04 Å². The van der Waals surface area contributed by atoms with Crippen LogP contribution in [-0.2, 0) is 16.4 Å². The van der Waals surface area contributed by atoms with Gasteiger partial charge in [0.05, 0.1) is 4.90 Å². The van der Waals surface area contributed by atoms with Gasteiger partial charge in [0.15, 0.2) is 0 Å². The Morgan fingerprint density at radius 3 is 2.22 bits per heavy atom. The van der Waals surface area contributed by atoms with E-state index in [1.807, 2.05) is 19.1 Å². The Labute approximate surface area is 162 Å². The summed E-state index contributed by atoms with van der Waals surface area (Å²) in [5, 5.41) is 0. The molecule has 144 valence electrons. The predicted octanol–water partition coefficient (Wildman–Crippen LogP) is 3.51. The standard InChI is InChI=1S/C22H28N2O2S/c1-17-7-11-22(12-8-17)27(25,26)23-19-15-20-9-10-21(16-19)24(20)14-13-18-5-3-2-4-6-18/h2-8,11-12,19-21,23H,9-10,13-16H2,1H3. The molecule has 2 bridgehead atoms. The molecular formula is C22H28N2O2S. The maximum absolute atomic E-state index is 12.7. The maximum atomic E-state index is 12.7. The Kier molecular flexibility index (Phi) is 5.35. The number of rotatable bonds is 6. The van der Waals surface area contributed by atoms with Gasteiger partial charge in [0.1, 0.15) is 0 Å². The van der Waals surface area contributed by atoms with Crippen molar-refractivity contribution in [3.05, 3.63) is 65.7 Å². The average molecular weight is 385 g/mol. The number of nitrogens with zero attached hydrogens (tertiary/aromatic N) is 1. The predicted molar refractivity (Wildman–Crippen MR) is 108 cm³/mol. The minimum atomic E-state index is -3.44. The monoisotopic (exact) mass is 384 g/mol. The molecule has 2 aliphatic rings. The number of hydrogen-bond donors (Lipinski definition) is 1. The SMILES string of the molecule is Cc1ccc(S(=O)(=O)NC2CC3CCC(C2)N3CCc2ccccc2)cc1. The number of hydrogen-bond acceptors (Lipinski definition) is 3. The van der Waals surface area contributed by atoms with Crippen LogP contribution in [0.4, 0.5) is 0 Å². The number of benzene rings is 2. The Balaban J connectivity index is 1.37. The summed E-state index contributed by atoms with van der Waals surface area (Å²) in [7, 11) is -3.44. The molecule has 1 N–H and O–H groups in total. The molecule has 2 atom stereocenters. The molecule has 2 fully saturated rings. The summed E-state index contributed by atoms with van der Waals surface area (Å²) in [6.07, 6.45) is 5.25. The molecule has 2 aliphatic heterocycles. The Morgan fingerprint density at radius 1 is 0.963 bits per heavy atom. The third-order valence-electron chi connectivity index (χ3n) is 6.04. The van der Waals surface area contributed by atoms with Crippen molar-refractivity contribution in [3.63, 3.8) is 0 Å². The lowest BCUT2D eigenvalue weighted by Crippen LogP contribution is -2.50. The van der Waals surface area contributed by atoms with E-state index < -0.39 is 10.0 Å². The molecule has 2 aromatic carbocycles. The van der Waals surface area contributed by atoms with Crippen LogP contribution >= 0.6 is 0 Å². The molecule has 2 aromatic rings. The van der Waals surface area contributed by atoms with Crippen LogP contribution in [0.3, 0.4) is 0 Å². The largest absolute Gasteiger partial charge is 0.297 e. The van der Waals surface area contributed by atoms with Crippen molar-refractivity contribution in [1.82, 2.24) is 9.62 Å². The minimum Gasteiger partial charge on any atom is -0.297 e. The van der Waals surface area contributed by atoms with Gasteiger partial charge in [-0.1, -0.05) is 48.0 Å². The molecule has 0 spiro atoms. The van der Waals surface area contributed by atoms with Crippen LogP contribution < -0.4 is 4.72 Å². The van der Waals surface area contributed by atoms with Gasteiger partial charge < -0.3 is 0 Å². The first-order valence-corrected chi connectivity index (χ1v) is 11.4. The fourth-order valence-corrected chi connectivity index (χ4v) is 5.91. The number of sulfonamides is 1. The summed E-state index contributed by atoms with van der Waals surface area (Å²) in [5.74, 6) is 0. The fourth-order valence-electron chi connectivity index (χ4n) is 4.64. The number of nitrogens with one attached hydrogen (secondary N) is 1. The van der Waals surface area contributed by atoms with Crippen LogP contribution in [0.5, 0.6) is 0 Å². The summed E-state index contributed by atoms with van der Waals surface area (Å²) < 4.78 is 28.4. The van der Waals surface area contributed by atoms with Crippen molar-refractivity contribution in [2.75, 3.05) is 6.54 Å². The molecule has 5 heteroatoms. The molecular weight excluding hydrogens is 356 g/mol. The molecule has 4 rings (SSSR count). The fraction of sp³-hybridized carbons (Fsp3) is 0.455. The Bertz CT molecular complexity index is 851. The molecule has 4 nitrogen and oxygen atoms in total. The second-order valence-corrected chi connectivity index (χ2v) is 9.68. The second kappa shape index (κ2) is 7.74. The molecule has 0 saturated carbocycles. The van der Waals surface area contributed by atoms with Crippen LogP contribution in [0.2, 0.25) is 0 Å². The van der Waals surface area contributed by atoms with Crippen molar-refractivity contribution < 1.29 is 8.42 Å². The number of fused-ring (bicyclic) bond motifs is 2. The molecule has 2 unspecified atom stereocenters. The Hall–Kier alpha value is -1.69. The van der Waals surface area contributed by atoms with Crippen LogP contribution in [0.1, 0.15) is 36.8 Å². The number of piperidine rings is 1.